The van der Waals surface area contributed by atoms with Gasteiger partial charge in [-0.15, -0.1) is 0 Å². The number of hydrogen-bond donors (Lipinski definition) is 1. The summed E-state index contributed by atoms with van der Waals surface area (Å²) in [5.41, 5.74) is 6.94. The van der Waals surface area contributed by atoms with Crippen molar-refractivity contribution in [2.75, 3.05) is 38.6 Å². The van der Waals surface area contributed by atoms with Gasteiger partial charge in [0.05, 0.1) is 0 Å². The van der Waals surface area contributed by atoms with Gasteiger partial charge >= 0.3 is 0 Å². The molecule has 2 N–H and O–H groups in total. The lowest BCUT2D eigenvalue weighted by Gasteiger charge is -2.27. The Hall–Kier alpha value is -1.13. The SMILES string of the molecule is CC(C)CN(CCN(C)C)c1ccc([C@H](C)N)cn1. The van der Waals surface area contributed by atoms with Crippen LogP contribution >= 0.6 is 0 Å². The highest BCUT2D eigenvalue weighted by atomic mass is 15.2. The van der Waals surface area contributed by atoms with Crippen LogP contribution in [-0.4, -0.2) is 43.6 Å². The summed E-state index contributed by atoms with van der Waals surface area (Å²) in [7, 11) is 4.19. The Bertz CT molecular complexity index is 357. The summed E-state index contributed by atoms with van der Waals surface area (Å²) in [6.45, 7) is 9.50. The van der Waals surface area contributed by atoms with E-state index in [1.165, 1.54) is 0 Å². The average molecular weight is 264 g/mol. The van der Waals surface area contributed by atoms with E-state index in [2.05, 4.69) is 54.9 Å². The molecule has 0 saturated heterocycles. The second-order valence-electron chi connectivity index (χ2n) is 5.88. The normalized spacial score (nSPS) is 13.1. The number of aromatic nitrogens is 1. The van der Waals surface area contributed by atoms with Crippen LogP contribution in [0.15, 0.2) is 18.3 Å². The second-order valence-corrected chi connectivity index (χ2v) is 5.88. The number of hydrogen-bond acceptors (Lipinski definition) is 4. The van der Waals surface area contributed by atoms with Crippen LogP contribution in [0.2, 0.25) is 0 Å². The Morgan fingerprint density at radius 2 is 1.84 bits per heavy atom. The van der Waals surface area contributed by atoms with E-state index >= 15 is 0 Å². The van der Waals surface area contributed by atoms with Crippen LogP contribution in [0.25, 0.3) is 0 Å². The van der Waals surface area contributed by atoms with E-state index in [1.54, 1.807) is 0 Å². The van der Waals surface area contributed by atoms with E-state index in [1.807, 2.05) is 13.1 Å². The van der Waals surface area contributed by atoms with Gasteiger partial charge < -0.3 is 15.5 Å². The third-order valence-corrected chi connectivity index (χ3v) is 3.02. The summed E-state index contributed by atoms with van der Waals surface area (Å²) in [6, 6.07) is 4.20. The van der Waals surface area contributed by atoms with Gasteiger partial charge in [0.1, 0.15) is 5.82 Å². The third kappa shape index (κ3) is 5.57. The molecular formula is C15H28N4. The maximum Gasteiger partial charge on any atom is 0.128 e. The van der Waals surface area contributed by atoms with Crippen LogP contribution in [0.5, 0.6) is 0 Å². The fraction of sp³-hybridized carbons (Fsp3) is 0.667. The number of pyridine rings is 1. The molecule has 0 unspecified atom stereocenters. The average Bonchev–Trinajstić information content (AvgIpc) is 2.34. The number of likely N-dealkylation sites (N-methyl/N-ethyl adjacent to an activating group) is 1. The van der Waals surface area contributed by atoms with Crippen molar-refractivity contribution in [1.82, 2.24) is 9.88 Å². The van der Waals surface area contributed by atoms with Gasteiger partial charge in [0.25, 0.3) is 0 Å². The molecule has 1 atom stereocenters. The fourth-order valence-electron chi connectivity index (χ4n) is 1.91. The summed E-state index contributed by atoms with van der Waals surface area (Å²) >= 11 is 0. The van der Waals surface area contributed by atoms with Gasteiger partial charge in [-0.3, -0.25) is 0 Å². The van der Waals surface area contributed by atoms with Crippen molar-refractivity contribution in [3.8, 4) is 0 Å². The lowest BCUT2D eigenvalue weighted by molar-refractivity contribution is 0.408. The van der Waals surface area contributed by atoms with Crippen molar-refractivity contribution in [2.24, 2.45) is 11.7 Å². The number of anilines is 1. The minimum Gasteiger partial charge on any atom is -0.355 e. The van der Waals surface area contributed by atoms with Crippen LogP contribution in [0, 0.1) is 5.92 Å². The molecule has 0 aliphatic heterocycles. The summed E-state index contributed by atoms with van der Waals surface area (Å²) in [5, 5.41) is 0. The number of rotatable bonds is 7. The Labute approximate surface area is 117 Å². The zero-order chi connectivity index (χ0) is 14.4. The smallest absolute Gasteiger partial charge is 0.128 e. The molecule has 0 aliphatic carbocycles. The Morgan fingerprint density at radius 1 is 1.16 bits per heavy atom. The van der Waals surface area contributed by atoms with Gasteiger partial charge in [0, 0.05) is 31.9 Å². The van der Waals surface area contributed by atoms with Gasteiger partial charge in [0.2, 0.25) is 0 Å². The van der Waals surface area contributed by atoms with Crippen LogP contribution in [0.3, 0.4) is 0 Å². The van der Waals surface area contributed by atoms with E-state index in [0.717, 1.165) is 31.0 Å². The monoisotopic (exact) mass is 264 g/mol. The van der Waals surface area contributed by atoms with Crippen molar-refractivity contribution in [1.29, 1.82) is 0 Å². The molecule has 19 heavy (non-hydrogen) atoms. The Kier molecular flexibility index (Phi) is 6.25. The first kappa shape index (κ1) is 15.9. The molecule has 0 aromatic carbocycles. The summed E-state index contributed by atoms with van der Waals surface area (Å²) < 4.78 is 0. The van der Waals surface area contributed by atoms with E-state index in [-0.39, 0.29) is 6.04 Å². The van der Waals surface area contributed by atoms with Crippen molar-refractivity contribution in [2.45, 2.75) is 26.8 Å². The van der Waals surface area contributed by atoms with Crippen molar-refractivity contribution in [3.63, 3.8) is 0 Å². The van der Waals surface area contributed by atoms with Crippen LogP contribution < -0.4 is 10.6 Å². The Balaban J connectivity index is 2.77. The molecule has 1 heterocycles. The van der Waals surface area contributed by atoms with Crippen LogP contribution in [-0.2, 0) is 0 Å². The molecule has 4 nitrogen and oxygen atoms in total. The summed E-state index contributed by atoms with van der Waals surface area (Å²) in [5.74, 6) is 1.66. The zero-order valence-corrected chi connectivity index (χ0v) is 12.9. The molecule has 0 radical (unpaired) electrons. The van der Waals surface area contributed by atoms with E-state index in [9.17, 15) is 0 Å². The molecule has 108 valence electrons. The van der Waals surface area contributed by atoms with E-state index < -0.39 is 0 Å². The van der Waals surface area contributed by atoms with Gasteiger partial charge in [-0.25, -0.2) is 4.98 Å². The number of nitrogens with two attached hydrogens (primary N) is 1. The first-order valence-electron chi connectivity index (χ1n) is 7.01. The van der Waals surface area contributed by atoms with Crippen molar-refractivity contribution in [3.05, 3.63) is 23.9 Å². The summed E-state index contributed by atoms with van der Waals surface area (Å²) in [4.78, 5) is 9.10. The second kappa shape index (κ2) is 7.46. The molecule has 4 heteroatoms. The maximum atomic E-state index is 5.86. The predicted octanol–water partition coefficient (Wildman–Crippen LogP) is 2.13. The molecule has 0 bridgehead atoms. The summed E-state index contributed by atoms with van der Waals surface area (Å²) in [6.07, 6.45) is 1.89. The molecule has 0 fully saturated rings. The zero-order valence-electron chi connectivity index (χ0n) is 12.9. The first-order chi connectivity index (χ1) is 8.90. The third-order valence-electron chi connectivity index (χ3n) is 3.02. The van der Waals surface area contributed by atoms with Crippen LogP contribution in [0.4, 0.5) is 5.82 Å². The van der Waals surface area contributed by atoms with E-state index in [4.69, 9.17) is 5.73 Å². The molecule has 0 amide bonds. The standard InChI is InChI=1S/C15H28N4/c1-12(2)11-19(9-8-18(4)5)15-7-6-14(10-17-15)13(3)16/h6-7,10,12-13H,8-9,11,16H2,1-5H3/t13-/m0/s1. The first-order valence-corrected chi connectivity index (χ1v) is 7.01. The highest BCUT2D eigenvalue weighted by molar-refractivity contribution is 5.39. The highest BCUT2D eigenvalue weighted by Crippen LogP contribution is 2.16. The molecule has 0 saturated carbocycles. The lowest BCUT2D eigenvalue weighted by Crippen LogP contribution is -2.35. The lowest BCUT2D eigenvalue weighted by atomic mass is 10.1. The molecule has 0 spiro atoms. The Morgan fingerprint density at radius 3 is 2.26 bits per heavy atom. The topological polar surface area (TPSA) is 45.4 Å². The maximum absolute atomic E-state index is 5.86. The molecule has 1 aromatic heterocycles. The molecule has 0 aliphatic rings. The molecular weight excluding hydrogens is 236 g/mol. The minimum atomic E-state index is 0.0434. The molecule has 1 rings (SSSR count). The van der Waals surface area contributed by atoms with Gasteiger partial charge in [-0.1, -0.05) is 19.9 Å². The largest absolute Gasteiger partial charge is 0.355 e. The fourth-order valence-corrected chi connectivity index (χ4v) is 1.91. The van der Waals surface area contributed by atoms with Gasteiger partial charge in [0.15, 0.2) is 0 Å². The quantitative estimate of drug-likeness (QED) is 0.819. The predicted molar refractivity (Wildman–Crippen MR) is 82.4 cm³/mol. The van der Waals surface area contributed by atoms with E-state index in [0.29, 0.717) is 5.92 Å². The van der Waals surface area contributed by atoms with Crippen molar-refractivity contribution >= 4 is 5.82 Å². The van der Waals surface area contributed by atoms with Gasteiger partial charge in [-0.2, -0.15) is 0 Å². The van der Waals surface area contributed by atoms with Gasteiger partial charge in [-0.05, 0) is 38.6 Å². The highest BCUT2D eigenvalue weighted by Gasteiger charge is 2.10. The van der Waals surface area contributed by atoms with Crippen molar-refractivity contribution < 1.29 is 0 Å². The molecule has 1 aromatic rings. The number of nitrogens with zero attached hydrogens (tertiary/aromatic N) is 3. The minimum absolute atomic E-state index is 0.0434. The van der Waals surface area contributed by atoms with Crippen LogP contribution in [0.1, 0.15) is 32.4 Å².